The van der Waals surface area contributed by atoms with Gasteiger partial charge in [-0.3, -0.25) is 9.59 Å². The Labute approximate surface area is 122 Å². The highest BCUT2D eigenvalue weighted by Crippen LogP contribution is 2.33. The second kappa shape index (κ2) is 7.62. The summed E-state index contributed by atoms with van der Waals surface area (Å²) in [6, 6.07) is 0. The minimum absolute atomic E-state index is 0.00981. The van der Waals surface area contributed by atoms with Crippen molar-refractivity contribution in [2.45, 2.75) is 39.5 Å². The Bertz CT molecular complexity index is 336. The van der Waals surface area contributed by atoms with Crippen LogP contribution >= 0.6 is 0 Å². The molecule has 1 aliphatic heterocycles. The number of carbonyl (C=O) groups is 2. The first-order chi connectivity index (χ1) is 9.46. The van der Waals surface area contributed by atoms with Gasteiger partial charge in [0.1, 0.15) is 0 Å². The van der Waals surface area contributed by atoms with E-state index < -0.39 is 0 Å². The van der Waals surface area contributed by atoms with Gasteiger partial charge >= 0.3 is 0 Å². The maximum absolute atomic E-state index is 12.9. The fourth-order valence-corrected chi connectivity index (χ4v) is 2.89. The van der Waals surface area contributed by atoms with Crippen LogP contribution in [0.1, 0.15) is 39.5 Å². The normalized spacial score (nSPS) is 21.8. The highest BCUT2D eigenvalue weighted by molar-refractivity contribution is 5.88. The monoisotopic (exact) mass is 283 g/mol. The van der Waals surface area contributed by atoms with Crippen LogP contribution in [-0.4, -0.2) is 61.9 Å². The third-order valence-electron chi connectivity index (χ3n) is 4.03. The molecule has 2 amide bonds. The van der Waals surface area contributed by atoms with E-state index in [-0.39, 0.29) is 23.8 Å². The standard InChI is InChI=1S/C15H29N3O2/c1-5-7-15(8-9-16-12-15)14(20)18(10-6-2)11-13(19)17(3)4/h16H,5-12H2,1-4H3. The van der Waals surface area contributed by atoms with Gasteiger partial charge in [-0.25, -0.2) is 0 Å². The molecule has 5 nitrogen and oxygen atoms in total. The average Bonchev–Trinajstić information content (AvgIpc) is 2.87. The fourth-order valence-electron chi connectivity index (χ4n) is 2.89. The van der Waals surface area contributed by atoms with Crippen LogP contribution in [0.4, 0.5) is 0 Å². The Hall–Kier alpha value is -1.10. The topological polar surface area (TPSA) is 52.7 Å². The molecule has 1 N–H and O–H groups in total. The molecule has 1 rings (SSSR count). The summed E-state index contributed by atoms with van der Waals surface area (Å²) in [4.78, 5) is 28.2. The molecule has 0 spiro atoms. The second-order valence-corrected chi connectivity index (χ2v) is 5.97. The Morgan fingerprint density at radius 1 is 1.20 bits per heavy atom. The maximum atomic E-state index is 12.9. The molecule has 0 aromatic heterocycles. The van der Waals surface area contributed by atoms with Gasteiger partial charge in [0.2, 0.25) is 11.8 Å². The lowest BCUT2D eigenvalue weighted by molar-refractivity contribution is -0.146. The molecule has 1 fully saturated rings. The van der Waals surface area contributed by atoms with Crippen LogP contribution in [-0.2, 0) is 9.59 Å². The number of rotatable bonds is 7. The van der Waals surface area contributed by atoms with Crippen molar-refractivity contribution in [1.82, 2.24) is 15.1 Å². The molecule has 1 atom stereocenters. The molecule has 1 saturated heterocycles. The highest BCUT2D eigenvalue weighted by Gasteiger charge is 2.42. The third-order valence-corrected chi connectivity index (χ3v) is 4.03. The van der Waals surface area contributed by atoms with Crippen molar-refractivity contribution in [1.29, 1.82) is 0 Å². The zero-order chi connectivity index (χ0) is 15.2. The minimum atomic E-state index is -0.295. The zero-order valence-corrected chi connectivity index (χ0v) is 13.4. The summed E-state index contributed by atoms with van der Waals surface area (Å²) in [7, 11) is 3.46. The van der Waals surface area contributed by atoms with E-state index in [1.165, 1.54) is 0 Å². The van der Waals surface area contributed by atoms with Gasteiger partial charge in [-0.05, 0) is 25.8 Å². The molecule has 5 heteroatoms. The lowest BCUT2D eigenvalue weighted by atomic mass is 9.81. The first kappa shape index (κ1) is 17.0. The first-order valence-corrected chi connectivity index (χ1v) is 7.67. The lowest BCUT2D eigenvalue weighted by Gasteiger charge is -2.34. The van der Waals surface area contributed by atoms with Crippen LogP contribution in [0, 0.1) is 5.41 Å². The van der Waals surface area contributed by atoms with Crippen molar-refractivity contribution in [3.05, 3.63) is 0 Å². The Kier molecular flexibility index (Phi) is 6.46. The van der Waals surface area contributed by atoms with E-state index >= 15 is 0 Å². The molecule has 0 aliphatic carbocycles. The summed E-state index contributed by atoms with van der Waals surface area (Å²) < 4.78 is 0. The van der Waals surface area contributed by atoms with E-state index in [1.54, 1.807) is 23.9 Å². The van der Waals surface area contributed by atoms with Gasteiger partial charge in [-0.2, -0.15) is 0 Å². The number of amides is 2. The summed E-state index contributed by atoms with van der Waals surface area (Å²) >= 11 is 0. The number of nitrogens with one attached hydrogen (secondary N) is 1. The van der Waals surface area contributed by atoms with Crippen LogP contribution in [0.5, 0.6) is 0 Å². The van der Waals surface area contributed by atoms with Crippen LogP contribution in [0.25, 0.3) is 0 Å². The molecule has 0 radical (unpaired) electrons. The maximum Gasteiger partial charge on any atom is 0.241 e. The van der Waals surface area contributed by atoms with Gasteiger partial charge in [0, 0.05) is 27.2 Å². The van der Waals surface area contributed by atoms with Crippen LogP contribution in [0.2, 0.25) is 0 Å². The molecule has 0 bridgehead atoms. The molecular weight excluding hydrogens is 254 g/mol. The summed E-state index contributed by atoms with van der Waals surface area (Å²) in [5.74, 6) is 0.144. The molecule has 1 heterocycles. The quantitative estimate of drug-likeness (QED) is 0.761. The van der Waals surface area contributed by atoms with E-state index in [9.17, 15) is 9.59 Å². The van der Waals surface area contributed by atoms with Gasteiger partial charge < -0.3 is 15.1 Å². The first-order valence-electron chi connectivity index (χ1n) is 7.67. The summed E-state index contributed by atoms with van der Waals surface area (Å²) in [6.45, 7) is 6.65. The van der Waals surface area contributed by atoms with E-state index in [0.29, 0.717) is 6.54 Å². The van der Waals surface area contributed by atoms with Gasteiger partial charge in [0.25, 0.3) is 0 Å². The van der Waals surface area contributed by atoms with Gasteiger partial charge in [-0.1, -0.05) is 20.3 Å². The van der Waals surface area contributed by atoms with Crippen molar-refractivity contribution in [2.24, 2.45) is 5.41 Å². The van der Waals surface area contributed by atoms with Crippen LogP contribution < -0.4 is 5.32 Å². The number of likely N-dealkylation sites (N-methyl/N-ethyl adjacent to an activating group) is 1. The van der Waals surface area contributed by atoms with E-state index in [2.05, 4.69) is 12.2 Å². The smallest absolute Gasteiger partial charge is 0.241 e. The lowest BCUT2D eigenvalue weighted by Crippen LogP contribution is -2.49. The SMILES string of the molecule is CCCN(CC(=O)N(C)C)C(=O)C1(CCC)CCNC1. The zero-order valence-electron chi connectivity index (χ0n) is 13.4. The number of carbonyl (C=O) groups excluding carboxylic acids is 2. The summed E-state index contributed by atoms with van der Waals surface area (Å²) in [5.41, 5.74) is -0.295. The van der Waals surface area contributed by atoms with E-state index in [0.717, 1.165) is 38.8 Å². The van der Waals surface area contributed by atoms with Gasteiger partial charge in [-0.15, -0.1) is 0 Å². The fraction of sp³-hybridized carbons (Fsp3) is 0.867. The molecule has 116 valence electrons. The van der Waals surface area contributed by atoms with Crippen LogP contribution in [0.15, 0.2) is 0 Å². The number of hydrogen-bond donors (Lipinski definition) is 1. The van der Waals surface area contributed by atoms with E-state index in [4.69, 9.17) is 0 Å². The van der Waals surface area contributed by atoms with Crippen molar-refractivity contribution in [3.8, 4) is 0 Å². The van der Waals surface area contributed by atoms with Crippen molar-refractivity contribution < 1.29 is 9.59 Å². The molecule has 20 heavy (non-hydrogen) atoms. The molecule has 1 aliphatic rings. The molecule has 0 aromatic rings. The Morgan fingerprint density at radius 3 is 2.35 bits per heavy atom. The minimum Gasteiger partial charge on any atom is -0.347 e. The molecule has 0 aromatic carbocycles. The van der Waals surface area contributed by atoms with Crippen molar-refractivity contribution in [2.75, 3.05) is 40.3 Å². The van der Waals surface area contributed by atoms with E-state index in [1.807, 2.05) is 6.92 Å². The summed E-state index contributed by atoms with van der Waals surface area (Å²) in [5, 5.41) is 3.31. The molecule has 0 saturated carbocycles. The Morgan fingerprint density at radius 2 is 1.90 bits per heavy atom. The largest absolute Gasteiger partial charge is 0.347 e. The number of hydrogen-bond acceptors (Lipinski definition) is 3. The number of nitrogens with zero attached hydrogens (tertiary/aromatic N) is 2. The molecular formula is C15H29N3O2. The van der Waals surface area contributed by atoms with Crippen molar-refractivity contribution in [3.63, 3.8) is 0 Å². The van der Waals surface area contributed by atoms with Crippen LogP contribution in [0.3, 0.4) is 0 Å². The predicted octanol–water partition coefficient (Wildman–Crippen LogP) is 1.09. The average molecular weight is 283 g/mol. The highest BCUT2D eigenvalue weighted by atomic mass is 16.2. The van der Waals surface area contributed by atoms with Crippen molar-refractivity contribution >= 4 is 11.8 Å². The second-order valence-electron chi connectivity index (χ2n) is 5.97. The van der Waals surface area contributed by atoms with Gasteiger partial charge in [0.05, 0.1) is 12.0 Å². The third kappa shape index (κ3) is 3.95. The molecule has 1 unspecified atom stereocenters. The Balaban J connectivity index is 2.83. The predicted molar refractivity (Wildman–Crippen MR) is 80.4 cm³/mol. The van der Waals surface area contributed by atoms with Gasteiger partial charge in [0.15, 0.2) is 0 Å². The summed E-state index contributed by atoms with van der Waals surface area (Å²) in [6.07, 6.45) is 3.66.